The summed E-state index contributed by atoms with van der Waals surface area (Å²) in [5.41, 5.74) is 7.34. The van der Waals surface area contributed by atoms with Crippen LogP contribution in [0.15, 0.2) is 30.3 Å². The van der Waals surface area contributed by atoms with Gasteiger partial charge in [-0.25, -0.2) is 0 Å². The molecule has 3 heteroatoms. The maximum absolute atomic E-state index is 6.23. The number of methoxy groups -OCH3 is 1. The standard InChI is InChI=1S/C14H23NO2/c1-4-13(17-11(2)10-16-3)14(15)12-8-6-5-7-9-12/h5-9,11,13-14H,4,10,15H2,1-3H3. The Bertz CT molecular complexity index is 302. The Kier molecular flexibility index (Phi) is 6.19. The third kappa shape index (κ3) is 4.46. The molecule has 1 aromatic carbocycles. The summed E-state index contributed by atoms with van der Waals surface area (Å²) in [6, 6.07) is 9.99. The molecule has 96 valence electrons. The van der Waals surface area contributed by atoms with Crippen LogP contribution in [0.1, 0.15) is 31.9 Å². The van der Waals surface area contributed by atoms with Gasteiger partial charge < -0.3 is 15.2 Å². The summed E-state index contributed by atoms with van der Waals surface area (Å²) < 4.78 is 11.0. The summed E-state index contributed by atoms with van der Waals surface area (Å²) in [6.07, 6.45) is 0.992. The van der Waals surface area contributed by atoms with Crippen molar-refractivity contribution in [1.29, 1.82) is 0 Å². The molecule has 3 nitrogen and oxygen atoms in total. The van der Waals surface area contributed by atoms with Crippen molar-refractivity contribution in [2.45, 2.75) is 38.5 Å². The third-order valence-corrected chi connectivity index (χ3v) is 2.80. The second-order valence-corrected chi connectivity index (χ2v) is 4.29. The van der Waals surface area contributed by atoms with E-state index in [1.165, 1.54) is 0 Å². The van der Waals surface area contributed by atoms with Crippen molar-refractivity contribution in [3.63, 3.8) is 0 Å². The van der Waals surface area contributed by atoms with Gasteiger partial charge >= 0.3 is 0 Å². The molecule has 0 fully saturated rings. The summed E-state index contributed by atoms with van der Waals surface area (Å²) in [5.74, 6) is 0. The van der Waals surface area contributed by atoms with Gasteiger partial charge in [0.2, 0.25) is 0 Å². The topological polar surface area (TPSA) is 44.5 Å². The smallest absolute Gasteiger partial charge is 0.0785 e. The molecule has 0 aliphatic carbocycles. The highest BCUT2D eigenvalue weighted by Crippen LogP contribution is 2.20. The average Bonchev–Trinajstić information content (AvgIpc) is 2.36. The molecule has 3 atom stereocenters. The Hall–Kier alpha value is -0.900. The average molecular weight is 237 g/mol. The zero-order valence-corrected chi connectivity index (χ0v) is 10.9. The van der Waals surface area contributed by atoms with Crippen LogP contribution in [0.5, 0.6) is 0 Å². The number of rotatable bonds is 7. The molecule has 0 bridgehead atoms. The molecule has 0 saturated heterocycles. The number of hydrogen-bond acceptors (Lipinski definition) is 3. The van der Waals surface area contributed by atoms with Gasteiger partial charge in [-0.1, -0.05) is 37.3 Å². The van der Waals surface area contributed by atoms with E-state index in [0.717, 1.165) is 12.0 Å². The van der Waals surface area contributed by atoms with Gasteiger partial charge in [0.05, 0.1) is 24.9 Å². The first kappa shape index (κ1) is 14.2. The molecule has 0 saturated carbocycles. The van der Waals surface area contributed by atoms with E-state index in [2.05, 4.69) is 6.92 Å². The van der Waals surface area contributed by atoms with E-state index in [4.69, 9.17) is 15.2 Å². The lowest BCUT2D eigenvalue weighted by Crippen LogP contribution is -2.32. The molecule has 0 aliphatic rings. The fraction of sp³-hybridized carbons (Fsp3) is 0.571. The van der Waals surface area contributed by atoms with Crippen molar-refractivity contribution in [2.75, 3.05) is 13.7 Å². The van der Waals surface area contributed by atoms with Crippen LogP contribution in [-0.2, 0) is 9.47 Å². The normalized spacial score (nSPS) is 16.5. The van der Waals surface area contributed by atoms with E-state index in [0.29, 0.717) is 6.61 Å². The lowest BCUT2D eigenvalue weighted by molar-refractivity contribution is -0.0501. The number of benzene rings is 1. The number of ether oxygens (including phenoxy) is 2. The van der Waals surface area contributed by atoms with Crippen molar-refractivity contribution >= 4 is 0 Å². The molecule has 2 N–H and O–H groups in total. The first-order chi connectivity index (χ1) is 8.19. The van der Waals surface area contributed by atoms with Gasteiger partial charge in [0.1, 0.15) is 0 Å². The largest absolute Gasteiger partial charge is 0.382 e. The summed E-state index contributed by atoms with van der Waals surface area (Å²) in [6.45, 7) is 4.69. The van der Waals surface area contributed by atoms with Crippen molar-refractivity contribution < 1.29 is 9.47 Å². The summed E-state index contributed by atoms with van der Waals surface area (Å²) in [7, 11) is 1.68. The van der Waals surface area contributed by atoms with E-state index in [1.807, 2.05) is 37.3 Å². The molecular formula is C14H23NO2. The van der Waals surface area contributed by atoms with Gasteiger partial charge in [-0.05, 0) is 18.9 Å². The van der Waals surface area contributed by atoms with Crippen molar-refractivity contribution in [3.8, 4) is 0 Å². The fourth-order valence-electron chi connectivity index (χ4n) is 1.90. The summed E-state index contributed by atoms with van der Waals surface area (Å²) >= 11 is 0. The molecule has 1 aromatic rings. The molecule has 3 unspecified atom stereocenters. The van der Waals surface area contributed by atoms with Crippen LogP contribution in [0.2, 0.25) is 0 Å². The fourth-order valence-corrected chi connectivity index (χ4v) is 1.90. The lowest BCUT2D eigenvalue weighted by atomic mass is 10.0. The van der Waals surface area contributed by atoms with E-state index in [9.17, 15) is 0 Å². The first-order valence-corrected chi connectivity index (χ1v) is 6.14. The quantitative estimate of drug-likeness (QED) is 0.792. The first-order valence-electron chi connectivity index (χ1n) is 6.14. The van der Waals surface area contributed by atoms with E-state index in [1.54, 1.807) is 7.11 Å². The Balaban J connectivity index is 2.61. The van der Waals surface area contributed by atoms with E-state index >= 15 is 0 Å². The van der Waals surface area contributed by atoms with E-state index in [-0.39, 0.29) is 18.2 Å². The minimum absolute atomic E-state index is 0.0301. The zero-order valence-electron chi connectivity index (χ0n) is 10.9. The summed E-state index contributed by atoms with van der Waals surface area (Å²) in [5, 5.41) is 0. The minimum atomic E-state index is -0.0829. The molecule has 0 aliphatic heterocycles. The minimum Gasteiger partial charge on any atom is -0.382 e. The Morgan fingerprint density at radius 3 is 2.41 bits per heavy atom. The monoisotopic (exact) mass is 237 g/mol. The summed E-state index contributed by atoms with van der Waals surface area (Å²) in [4.78, 5) is 0. The van der Waals surface area contributed by atoms with Crippen LogP contribution in [-0.4, -0.2) is 25.9 Å². The van der Waals surface area contributed by atoms with Crippen LogP contribution in [0.4, 0.5) is 0 Å². The van der Waals surface area contributed by atoms with E-state index < -0.39 is 0 Å². The molecule has 0 spiro atoms. The van der Waals surface area contributed by atoms with Crippen LogP contribution >= 0.6 is 0 Å². The predicted molar refractivity (Wildman–Crippen MR) is 69.9 cm³/mol. The van der Waals surface area contributed by atoms with Gasteiger partial charge in [-0.15, -0.1) is 0 Å². The number of hydrogen-bond donors (Lipinski definition) is 1. The van der Waals surface area contributed by atoms with Crippen molar-refractivity contribution in [3.05, 3.63) is 35.9 Å². The third-order valence-electron chi connectivity index (χ3n) is 2.80. The van der Waals surface area contributed by atoms with Gasteiger partial charge in [0.15, 0.2) is 0 Å². The van der Waals surface area contributed by atoms with Crippen molar-refractivity contribution in [1.82, 2.24) is 0 Å². The van der Waals surface area contributed by atoms with Gasteiger partial charge in [-0.2, -0.15) is 0 Å². The van der Waals surface area contributed by atoms with Gasteiger partial charge in [0, 0.05) is 7.11 Å². The Morgan fingerprint density at radius 2 is 1.88 bits per heavy atom. The molecule has 17 heavy (non-hydrogen) atoms. The van der Waals surface area contributed by atoms with Crippen molar-refractivity contribution in [2.24, 2.45) is 5.73 Å². The van der Waals surface area contributed by atoms with Gasteiger partial charge in [-0.3, -0.25) is 0 Å². The molecule has 0 aromatic heterocycles. The zero-order chi connectivity index (χ0) is 12.7. The highest BCUT2D eigenvalue weighted by Gasteiger charge is 2.20. The van der Waals surface area contributed by atoms with Crippen LogP contribution in [0.3, 0.4) is 0 Å². The lowest BCUT2D eigenvalue weighted by Gasteiger charge is -2.26. The maximum atomic E-state index is 6.23. The second-order valence-electron chi connectivity index (χ2n) is 4.29. The highest BCUT2D eigenvalue weighted by atomic mass is 16.5. The molecule has 0 amide bonds. The molecular weight excluding hydrogens is 214 g/mol. The SMILES string of the molecule is CCC(OC(C)COC)C(N)c1ccccc1. The Labute approximate surface area is 104 Å². The van der Waals surface area contributed by atoms with Crippen LogP contribution in [0, 0.1) is 0 Å². The number of nitrogens with two attached hydrogens (primary N) is 1. The maximum Gasteiger partial charge on any atom is 0.0785 e. The second kappa shape index (κ2) is 7.43. The Morgan fingerprint density at radius 1 is 1.24 bits per heavy atom. The van der Waals surface area contributed by atoms with Crippen LogP contribution in [0.25, 0.3) is 0 Å². The van der Waals surface area contributed by atoms with Gasteiger partial charge in [0.25, 0.3) is 0 Å². The highest BCUT2D eigenvalue weighted by molar-refractivity contribution is 5.19. The molecule has 1 rings (SSSR count). The molecule has 0 radical (unpaired) electrons. The van der Waals surface area contributed by atoms with Crippen LogP contribution < -0.4 is 5.73 Å². The molecule has 0 heterocycles. The predicted octanol–water partition coefficient (Wildman–Crippen LogP) is 2.52.